The van der Waals surface area contributed by atoms with Gasteiger partial charge in [-0.1, -0.05) is 18.2 Å². The van der Waals surface area contributed by atoms with Gasteiger partial charge < -0.3 is 19.9 Å². The van der Waals surface area contributed by atoms with E-state index in [2.05, 4.69) is 10.3 Å². The van der Waals surface area contributed by atoms with Gasteiger partial charge in [0.1, 0.15) is 18.0 Å². The van der Waals surface area contributed by atoms with Crippen LogP contribution in [-0.4, -0.2) is 40.8 Å². The quantitative estimate of drug-likeness (QED) is 0.626. The molecule has 8 heteroatoms. The number of benzene rings is 1. The zero-order chi connectivity index (χ0) is 18.5. The number of aromatic carboxylic acids is 1. The number of rotatable bonds is 7. The molecule has 0 radical (unpaired) electrons. The Morgan fingerprint density at radius 2 is 1.96 bits per heavy atom. The lowest BCUT2D eigenvalue weighted by molar-refractivity contribution is 0.0695. The van der Waals surface area contributed by atoms with Crippen molar-refractivity contribution in [3.8, 4) is 5.75 Å². The number of nitrogens with zero attached hydrogens (tertiary/aromatic N) is 2. The molecule has 0 saturated carbocycles. The van der Waals surface area contributed by atoms with E-state index in [0.717, 1.165) is 4.40 Å². The van der Waals surface area contributed by atoms with Crippen molar-refractivity contribution in [3.05, 3.63) is 64.6 Å². The van der Waals surface area contributed by atoms with Crippen LogP contribution < -0.4 is 15.6 Å². The summed E-state index contributed by atoms with van der Waals surface area (Å²) in [6, 6.07) is 12.2. The summed E-state index contributed by atoms with van der Waals surface area (Å²) in [4.78, 5) is 28.6. The largest absolute Gasteiger partial charge is 0.490 e. The van der Waals surface area contributed by atoms with Gasteiger partial charge >= 0.3 is 5.97 Å². The summed E-state index contributed by atoms with van der Waals surface area (Å²) in [6.45, 7) is 0.703. The van der Waals surface area contributed by atoms with Crippen LogP contribution in [0.1, 0.15) is 10.4 Å². The highest BCUT2D eigenvalue weighted by atomic mass is 16.5. The van der Waals surface area contributed by atoms with Crippen molar-refractivity contribution in [3.63, 3.8) is 0 Å². The molecule has 0 spiro atoms. The number of hydrogen-bond donors (Lipinski definition) is 2. The van der Waals surface area contributed by atoms with Crippen LogP contribution in [0.2, 0.25) is 0 Å². The van der Waals surface area contributed by atoms with Crippen molar-refractivity contribution in [2.75, 3.05) is 25.6 Å². The summed E-state index contributed by atoms with van der Waals surface area (Å²) >= 11 is 0. The minimum absolute atomic E-state index is 0.0123. The van der Waals surface area contributed by atoms with E-state index in [4.69, 9.17) is 9.47 Å². The van der Waals surface area contributed by atoms with Crippen LogP contribution in [0.3, 0.4) is 0 Å². The van der Waals surface area contributed by atoms with E-state index in [1.807, 2.05) is 6.07 Å². The molecule has 0 saturated heterocycles. The predicted molar refractivity (Wildman–Crippen MR) is 95.5 cm³/mol. The predicted octanol–water partition coefficient (Wildman–Crippen LogP) is 2.16. The summed E-state index contributed by atoms with van der Waals surface area (Å²) in [5.74, 6) is -0.957. The van der Waals surface area contributed by atoms with Gasteiger partial charge in [-0.05, 0) is 24.3 Å². The molecule has 1 aromatic carbocycles. The maximum Gasteiger partial charge on any atom is 0.345 e. The monoisotopic (exact) mass is 355 g/mol. The molecule has 0 fully saturated rings. The molecule has 0 aliphatic carbocycles. The number of para-hydroxylation sites is 1. The molecule has 0 aliphatic rings. The second-order valence-corrected chi connectivity index (χ2v) is 5.37. The summed E-state index contributed by atoms with van der Waals surface area (Å²) in [5.41, 5.74) is -0.207. The minimum Gasteiger partial charge on any atom is -0.490 e. The van der Waals surface area contributed by atoms with Gasteiger partial charge in [-0.15, -0.1) is 0 Å². The summed E-state index contributed by atoms with van der Waals surface area (Å²) < 4.78 is 11.5. The van der Waals surface area contributed by atoms with Gasteiger partial charge in [0, 0.05) is 12.8 Å². The number of methoxy groups -OCH3 is 1. The fourth-order valence-corrected chi connectivity index (χ4v) is 2.39. The summed E-state index contributed by atoms with van der Waals surface area (Å²) in [6.07, 6.45) is 1.42. The van der Waals surface area contributed by atoms with Crippen molar-refractivity contribution in [1.82, 2.24) is 9.38 Å². The fourth-order valence-electron chi connectivity index (χ4n) is 2.39. The highest BCUT2D eigenvalue weighted by Crippen LogP contribution is 2.19. The van der Waals surface area contributed by atoms with Gasteiger partial charge in [0.05, 0.1) is 12.8 Å². The second-order valence-electron chi connectivity index (χ2n) is 5.37. The molecule has 26 heavy (non-hydrogen) atoms. The second kappa shape index (κ2) is 7.66. The first kappa shape index (κ1) is 17.4. The Hall–Kier alpha value is -3.39. The van der Waals surface area contributed by atoms with Crippen molar-refractivity contribution in [2.45, 2.75) is 0 Å². The zero-order valence-electron chi connectivity index (χ0n) is 14.0. The Morgan fingerprint density at radius 3 is 2.65 bits per heavy atom. The van der Waals surface area contributed by atoms with E-state index in [0.29, 0.717) is 30.3 Å². The highest BCUT2D eigenvalue weighted by molar-refractivity contribution is 5.94. The lowest BCUT2D eigenvalue weighted by atomic mass is 10.2. The lowest BCUT2D eigenvalue weighted by Gasteiger charge is -2.12. The van der Waals surface area contributed by atoms with Crippen LogP contribution in [-0.2, 0) is 4.74 Å². The van der Waals surface area contributed by atoms with E-state index >= 15 is 0 Å². The van der Waals surface area contributed by atoms with E-state index in [1.54, 1.807) is 43.5 Å². The van der Waals surface area contributed by atoms with Crippen LogP contribution in [0, 0.1) is 0 Å². The average Bonchev–Trinajstić information content (AvgIpc) is 2.63. The van der Waals surface area contributed by atoms with Gasteiger partial charge in [0.2, 0.25) is 0 Å². The molecule has 0 aliphatic heterocycles. The van der Waals surface area contributed by atoms with Crippen molar-refractivity contribution in [2.24, 2.45) is 0 Å². The molecule has 0 bridgehead atoms. The first-order chi connectivity index (χ1) is 12.6. The Bertz CT molecular complexity index is 985. The van der Waals surface area contributed by atoms with E-state index < -0.39 is 17.1 Å². The smallest absolute Gasteiger partial charge is 0.345 e. The SMILES string of the molecule is COCCOc1ccc2nc(Nc3ccccc3)c(C(=O)O)c(=O)n2c1. The molecule has 2 heterocycles. The Balaban J connectivity index is 2.06. The van der Waals surface area contributed by atoms with E-state index in [1.165, 1.54) is 6.20 Å². The van der Waals surface area contributed by atoms with Crippen LogP contribution in [0.5, 0.6) is 5.75 Å². The normalized spacial score (nSPS) is 10.7. The molecule has 3 rings (SSSR count). The van der Waals surface area contributed by atoms with E-state index in [9.17, 15) is 14.7 Å². The Kier molecular flexibility index (Phi) is 5.14. The van der Waals surface area contributed by atoms with Crippen LogP contribution >= 0.6 is 0 Å². The molecule has 3 aromatic rings. The zero-order valence-corrected chi connectivity index (χ0v) is 14.0. The molecule has 8 nitrogen and oxygen atoms in total. The molecule has 2 N–H and O–H groups in total. The van der Waals surface area contributed by atoms with E-state index in [-0.39, 0.29) is 5.82 Å². The van der Waals surface area contributed by atoms with Crippen LogP contribution in [0.4, 0.5) is 11.5 Å². The number of ether oxygens (including phenoxy) is 2. The number of carbonyl (C=O) groups is 1. The molecular formula is C18H17N3O5. The molecule has 0 unspecified atom stereocenters. The Morgan fingerprint density at radius 1 is 1.19 bits per heavy atom. The minimum atomic E-state index is -1.36. The third kappa shape index (κ3) is 3.65. The van der Waals surface area contributed by atoms with Gasteiger partial charge in [0.15, 0.2) is 11.4 Å². The van der Waals surface area contributed by atoms with Crippen molar-refractivity contribution < 1.29 is 19.4 Å². The first-order valence-corrected chi connectivity index (χ1v) is 7.83. The lowest BCUT2D eigenvalue weighted by Crippen LogP contribution is -2.25. The molecule has 0 amide bonds. The van der Waals surface area contributed by atoms with Gasteiger partial charge in [-0.25, -0.2) is 9.78 Å². The third-order valence-electron chi connectivity index (χ3n) is 3.60. The standard InChI is InChI=1S/C18H17N3O5/c1-25-9-10-26-13-7-8-14-20-16(19-12-5-3-2-4-6-12)15(18(23)24)17(22)21(14)11-13/h2-8,11,19H,9-10H2,1H3,(H,23,24). The molecule has 0 atom stereocenters. The maximum absolute atomic E-state index is 12.7. The molecular weight excluding hydrogens is 338 g/mol. The van der Waals surface area contributed by atoms with Crippen LogP contribution in [0.25, 0.3) is 5.65 Å². The number of anilines is 2. The fraction of sp³-hybridized carbons (Fsp3) is 0.167. The van der Waals surface area contributed by atoms with Crippen LogP contribution in [0.15, 0.2) is 53.5 Å². The number of aromatic nitrogens is 2. The molecule has 134 valence electrons. The topological polar surface area (TPSA) is 102 Å². The highest BCUT2D eigenvalue weighted by Gasteiger charge is 2.20. The number of hydrogen-bond acceptors (Lipinski definition) is 6. The summed E-state index contributed by atoms with van der Waals surface area (Å²) in [7, 11) is 1.55. The average molecular weight is 355 g/mol. The first-order valence-electron chi connectivity index (χ1n) is 7.83. The van der Waals surface area contributed by atoms with Gasteiger partial charge in [-0.3, -0.25) is 9.20 Å². The maximum atomic E-state index is 12.7. The van der Waals surface area contributed by atoms with Gasteiger partial charge in [0.25, 0.3) is 5.56 Å². The van der Waals surface area contributed by atoms with Crippen molar-refractivity contribution in [1.29, 1.82) is 0 Å². The molecule has 2 aromatic heterocycles. The Labute approximate surface area is 148 Å². The summed E-state index contributed by atoms with van der Waals surface area (Å²) in [5, 5.41) is 12.4. The number of carboxylic acids is 1. The van der Waals surface area contributed by atoms with Gasteiger partial charge in [-0.2, -0.15) is 0 Å². The van der Waals surface area contributed by atoms with Crippen molar-refractivity contribution >= 4 is 23.1 Å². The number of fused-ring (bicyclic) bond motifs is 1. The number of pyridine rings is 1. The third-order valence-corrected chi connectivity index (χ3v) is 3.60. The number of carboxylic acid groups (broad SMARTS) is 1. The number of nitrogens with one attached hydrogen (secondary N) is 1.